The Morgan fingerprint density at radius 1 is 1.30 bits per heavy atom. The van der Waals surface area contributed by atoms with Gasteiger partial charge in [0, 0.05) is 19.0 Å². The van der Waals surface area contributed by atoms with E-state index in [1.165, 1.54) is 14.0 Å². The van der Waals surface area contributed by atoms with E-state index in [2.05, 4.69) is 25.7 Å². The first kappa shape index (κ1) is 21.8. The van der Waals surface area contributed by atoms with Crippen LogP contribution in [0, 0.1) is 11.7 Å². The summed E-state index contributed by atoms with van der Waals surface area (Å²) in [7, 11) is 1.53. The van der Waals surface area contributed by atoms with Crippen LogP contribution >= 0.6 is 0 Å². The van der Waals surface area contributed by atoms with Crippen LogP contribution in [0.2, 0.25) is 0 Å². The molecule has 30 heavy (non-hydrogen) atoms. The Bertz CT molecular complexity index is 864. The first-order valence-electron chi connectivity index (χ1n) is 10.2. The van der Waals surface area contributed by atoms with E-state index in [1.807, 2.05) is 13.8 Å². The first-order valence-corrected chi connectivity index (χ1v) is 10.2. The summed E-state index contributed by atoms with van der Waals surface area (Å²) in [5.41, 5.74) is 0.583. The molecule has 2 heterocycles. The van der Waals surface area contributed by atoms with E-state index < -0.39 is 5.82 Å². The number of amides is 1. The molecule has 164 valence electrons. The molecule has 0 aliphatic heterocycles. The van der Waals surface area contributed by atoms with Crippen LogP contribution in [0.15, 0.2) is 12.4 Å². The monoisotopic (exact) mass is 420 g/mol. The summed E-state index contributed by atoms with van der Waals surface area (Å²) in [4.78, 5) is 19.3. The normalized spacial score (nSPS) is 18.9. The van der Waals surface area contributed by atoms with E-state index >= 15 is 0 Å². The average molecular weight is 420 g/mol. The SMILES string of the molecule is COc1nn(C(C)C)cc1Nc1ncc(F)c(OCC2CCC(NC(C)=O)CC2)n1. The molecule has 1 fully saturated rings. The molecule has 10 heteroatoms. The third-order valence-electron chi connectivity index (χ3n) is 5.09. The molecule has 0 aromatic carbocycles. The van der Waals surface area contributed by atoms with Crippen molar-refractivity contribution in [2.45, 2.75) is 58.5 Å². The molecule has 0 unspecified atom stereocenters. The second kappa shape index (κ2) is 9.73. The van der Waals surface area contributed by atoms with Gasteiger partial charge in [0.25, 0.3) is 11.8 Å². The zero-order chi connectivity index (χ0) is 21.7. The van der Waals surface area contributed by atoms with Crippen molar-refractivity contribution < 1.29 is 18.7 Å². The third-order valence-corrected chi connectivity index (χ3v) is 5.09. The maximum atomic E-state index is 14.2. The summed E-state index contributed by atoms with van der Waals surface area (Å²) in [6, 6.07) is 0.371. The lowest BCUT2D eigenvalue weighted by molar-refractivity contribution is -0.119. The number of hydrogen-bond acceptors (Lipinski definition) is 7. The molecular formula is C20H29FN6O3. The standard InChI is InChI=1S/C20H29FN6O3/c1-12(2)27-10-17(19(26-27)29-4)24-20-22-9-16(21)18(25-20)30-11-14-5-7-15(8-6-14)23-13(3)28/h9-10,12,14-15H,5-8,11H2,1-4H3,(H,23,28)(H,22,24,25). The van der Waals surface area contributed by atoms with Crippen molar-refractivity contribution >= 4 is 17.5 Å². The van der Waals surface area contributed by atoms with E-state index in [1.54, 1.807) is 10.9 Å². The van der Waals surface area contributed by atoms with Crippen LogP contribution in [-0.2, 0) is 4.79 Å². The van der Waals surface area contributed by atoms with E-state index in [0.717, 1.165) is 31.9 Å². The predicted octanol–water partition coefficient (Wildman–Crippen LogP) is 3.22. The van der Waals surface area contributed by atoms with Crippen molar-refractivity contribution in [3.05, 3.63) is 18.2 Å². The van der Waals surface area contributed by atoms with Gasteiger partial charge in [-0.05, 0) is 45.4 Å². The number of anilines is 2. The van der Waals surface area contributed by atoms with Gasteiger partial charge in [-0.25, -0.2) is 4.98 Å². The maximum absolute atomic E-state index is 14.2. The van der Waals surface area contributed by atoms with Gasteiger partial charge in [-0.1, -0.05) is 0 Å². The molecule has 0 saturated heterocycles. The second-order valence-electron chi connectivity index (χ2n) is 7.83. The number of aromatic nitrogens is 4. The van der Waals surface area contributed by atoms with E-state index in [4.69, 9.17) is 9.47 Å². The van der Waals surface area contributed by atoms with Crippen LogP contribution in [0.3, 0.4) is 0 Å². The van der Waals surface area contributed by atoms with Gasteiger partial charge in [0.15, 0.2) is 0 Å². The topological polar surface area (TPSA) is 103 Å². The predicted molar refractivity (Wildman–Crippen MR) is 109 cm³/mol. The fraction of sp³-hybridized carbons (Fsp3) is 0.600. The Kier molecular flexibility index (Phi) is 7.07. The summed E-state index contributed by atoms with van der Waals surface area (Å²) in [5, 5.41) is 10.3. The summed E-state index contributed by atoms with van der Waals surface area (Å²) in [5.74, 6) is 0.180. The average Bonchev–Trinajstić information content (AvgIpc) is 3.12. The lowest BCUT2D eigenvalue weighted by Crippen LogP contribution is -2.37. The van der Waals surface area contributed by atoms with Crippen LogP contribution < -0.4 is 20.1 Å². The quantitative estimate of drug-likeness (QED) is 0.676. The molecule has 2 aromatic heterocycles. The van der Waals surface area contributed by atoms with Crippen molar-refractivity contribution in [3.8, 4) is 11.8 Å². The number of halogens is 1. The Balaban J connectivity index is 1.60. The zero-order valence-corrected chi connectivity index (χ0v) is 17.8. The fourth-order valence-corrected chi connectivity index (χ4v) is 3.47. The van der Waals surface area contributed by atoms with E-state index in [-0.39, 0.29) is 29.8 Å². The Morgan fingerprint density at radius 3 is 2.67 bits per heavy atom. The van der Waals surface area contributed by atoms with Crippen LogP contribution in [0.4, 0.5) is 16.0 Å². The highest BCUT2D eigenvalue weighted by atomic mass is 19.1. The molecule has 2 N–H and O–H groups in total. The minimum absolute atomic E-state index is 0.00615. The van der Waals surface area contributed by atoms with Crippen molar-refractivity contribution in [1.29, 1.82) is 0 Å². The summed E-state index contributed by atoms with van der Waals surface area (Å²) >= 11 is 0. The molecule has 1 amide bonds. The van der Waals surface area contributed by atoms with Gasteiger partial charge >= 0.3 is 0 Å². The van der Waals surface area contributed by atoms with Crippen molar-refractivity contribution in [2.24, 2.45) is 5.92 Å². The van der Waals surface area contributed by atoms with E-state index in [0.29, 0.717) is 24.1 Å². The fourth-order valence-electron chi connectivity index (χ4n) is 3.47. The number of carbonyl (C=O) groups excluding carboxylic acids is 1. The number of methoxy groups -OCH3 is 1. The summed E-state index contributed by atoms with van der Waals surface area (Å²) < 4.78 is 26.9. The number of rotatable bonds is 8. The van der Waals surface area contributed by atoms with Gasteiger partial charge in [0.2, 0.25) is 17.7 Å². The minimum atomic E-state index is -0.614. The summed E-state index contributed by atoms with van der Waals surface area (Å²) in [6.45, 7) is 5.90. The zero-order valence-electron chi connectivity index (χ0n) is 17.8. The molecule has 1 aliphatic rings. The molecule has 0 bridgehead atoms. The second-order valence-corrected chi connectivity index (χ2v) is 7.83. The largest absolute Gasteiger partial charge is 0.478 e. The van der Waals surface area contributed by atoms with Crippen molar-refractivity contribution in [2.75, 3.05) is 19.0 Å². The Labute approximate surface area is 175 Å². The molecular weight excluding hydrogens is 391 g/mol. The first-order chi connectivity index (χ1) is 14.4. The highest BCUT2D eigenvalue weighted by Gasteiger charge is 2.23. The van der Waals surface area contributed by atoms with Gasteiger partial charge in [0.1, 0.15) is 5.69 Å². The molecule has 1 aliphatic carbocycles. The maximum Gasteiger partial charge on any atom is 0.256 e. The van der Waals surface area contributed by atoms with Crippen LogP contribution in [0.1, 0.15) is 52.5 Å². The van der Waals surface area contributed by atoms with Crippen molar-refractivity contribution in [3.63, 3.8) is 0 Å². The Hall–Kier alpha value is -2.91. The number of nitrogens with one attached hydrogen (secondary N) is 2. The molecule has 3 rings (SSSR count). The van der Waals surface area contributed by atoms with Gasteiger partial charge < -0.3 is 20.1 Å². The van der Waals surface area contributed by atoms with Gasteiger partial charge in [-0.15, -0.1) is 5.10 Å². The molecule has 0 spiro atoms. The number of hydrogen-bond donors (Lipinski definition) is 2. The van der Waals surface area contributed by atoms with Gasteiger partial charge in [-0.2, -0.15) is 9.37 Å². The number of carbonyl (C=O) groups is 1. The molecule has 0 radical (unpaired) electrons. The van der Waals surface area contributed by atoms with E-state index in [9.17, 15) is 9.18 Å². The van der Waals surface area contributed by atoms with Gasteiger partial charge in [-0.3, -0.25) is 9.48 Å². The van der Waals surface area contributed by atoms with Crippen LogP contribution in [0.5, 0.6) is 11.8 Å². The number of nitrogens with zero attached hydrogens (tertiary/aromatic N) is 4. The van der Waals surface area contributed by atoms with Crippen LogP contribution in [-0.4, -0.2) is 45.4 Å². The Morgan fingerprint density at radius 2 is 2.03 bits per heavy atom. The molecule has 1 saturated carbocycles. The summed E-state index contributed by atoms with van der Waals surface area (Å²) in [6.07, 6.45) is 6.48. The van der Waals surface area contributed by atoms with Crippen LogP contribution in [0.25, 0.3) is 0 Å². The third kappa shape index (κ3) is 5.58. The highest BCUT2D eigenvalue weighted by molar-refractivity contribution is 5.73. The van der Waals surface area contributed by atoms with Crippen molar-refractivity contribution in [1.82, 2.24) is 25.1 Å². The minimum Gasteiger partial charge on any atom is -0.478 e. The lowest BCUT2D eigenvalue weighted by atomic mass is 9.86. The smallest absolute Gasteiger partial charge is 0.256 e. The molecule has 9 nitrogen and oxygen atoms in total. The molecule has 2 aromatic rings. The lowest BCUT2D eigenvalue weighted by Gasteiger charge is -2.28. The highest BCUT2D eigenvalue weighted by Crippen LogP contribution is 2.28. The number of ether oxygens (including phenoxy) is 2. The molecule has 0 atom stereocenters. The van der Waals surface area contributed by atoms with Gasteiger partial charge in [0.05, 0.1) is 26.1 Å².